The lowest BCUT2D eigenvalue weighted by Crippen LogP contribution is -2.05. The van der Waals surface area contributed by atoms with Gasteiger partial charge in [0.25, 0.3) is 0 Å². The van der Waals surface area contributed by atoms with Crippen LogP contribution in [0.3, 0.4) is 0 Å². The van der Waals surface area contributed by atoms with Crippen LogP contribution in [0, 0.1) is 5.82 Å². The van der Waals surface area contributed by atoms with Crippen LogP contribution in [0.1, 0.15) is 6.42 Å². The molecule has 0 fully saturated rings. The fourth-order valence-electron chi connectivity index (χ4n) is 1.42. The van der Waals surface area contributed by atoms with Crippen LogP contribution in [-0.4, -0.2) is 16.3 Å². The van der Waals surface area contributed by atoms with Crippen molar-refractivity contribution < 1.29 is 4.39 Å². The first-order valence-corrected chi connectivity index (χ1v) is 4.63. The molecule has 0 spiro atoms. The Labute approximate surface area is 81.3 Å². The van der Waals surface area contributed by atoms with Crippen LogP contribution >= 0.6 is 0 Å². The lowest BCUT2D eigenvalue weighted by molar-refractivity contribution is 0.589. The summed E-state index contributed by atoms with van der Waals surface area (Å²) in [5.41, 5.74) is 6.08. The number of hydrogen-bond donors (Lipinski definition) is 1. The summed E-state index contributed by atoms with van der Waals surface area (Å²) in [6.45, 7) is 1.36. The number of nitrogens with zero attached hydrogens (tertiary/aromatic N) is 2. The van der Waals surface area contributed by atoms with Gasteiger partial charge in [0.15, 0.2) is 0 Å². The minimum atomic E-state index is -0.221. The van der Waals surface area contributed by atoms with Gasteiger partial charge in [-0.1, -0.05) is 6.07 Å². The molecule has 74 valence electrons. The molecule has 14 heavy (non-hydrogen) atoms. The first-order valence-electron chi connectivity index (χ1n) is 4.63. The summed E-state index contributed by atoms with van der Waals surface area (Å²) in [6.07, 6.45) is 2.58. The second kappa shape index (κ2) is 3.75. The maximum atomic E-state index is 13.2. The van der Waals surface area contributed by atoms with Crippen molar-refractivity contribution >= 4 is 10.9 Å². The van der Waals surface area contributed by atoms with Gasteiger partial charge in [-0.15, -0.1) is 0 Å². The van der Waals surface area contributed by atoms with E-state index in [0.29, 0.717) is 17.4 Å². The average molecular weight is 193 g/mol. The molecule has 0 saturated heterocycles. The summed E-state index contributed by atoms with van der Waals surface area (Å²) in [6, 6.07) is 4.91. The third-order valence-electron chi connectivity index (χ3n) is 2.14. The zero-order valence-corrected chi connectivity index (χ0v) is 7.78. The number of benzene rings is 1. The highest BCUT2D eigenvalue weighted by molar-refractivity contribution is 5.78. The molecule has 2 N–H and O–H groups in total. The molecule has 0 saturated carbocycles. The Kier molecular flexibility index (Phi) is 2.45. The van der Waals surface area contributed by atoms with Crippen LogP contribution < -0.4 is 5.73 Å². The number of halogens is 1. The van der Waals surface area contributed by atoms with E-state index in [-0.39, 0.29) is 5.82 Å². The van der Waals surface area contributed by atoms with Crippen molar-refractivity contribution in [3.05, 3.63) is 30.2 Å². The molecule has 3 nitrogen and oxygen atoms in total. The van der Waals surface area contributed by atoms with E-state index in [1.54, 1.807) is 23.0 Å². The second-order valence-corrected chi connectivity index (χ2v) is 3.21. The molecule has 0 bridgehead atoms. The van der Waals surface area contributed by atoms with Crippen LogP contribution in [0.2, 0.25) is 0 Å². The van der Waals surface area contributed by atoms with Crippen LogP contribution in [0.15, 0.2) is 24.4 Å². The molecule has 1 heterocycles. The molecule has 0 aliphatic carbocycles. The highest BCUT2D eigenvalue weighted by Crippen LogP contribution is 2.15. The number of aryl methyl sites for hydroxylation is 1. The van der Waals surface area contributed by atoms with Crippen LogP contribution in [0.5, 0.6) is 0 Å². The first kappa shape index (κ1) is 9.15. The molecule has 4 heteroatoms. The number of aromatic nitrogens is 2. The fourth-order valence-corrected chi connectivity index (χ4v) is 1.42. The van der Waals surface area contributed by atoms with Crippen LogP contribution in [0.25, 0.3) is 10.9 Å². The molecule has 2 rings (SSSR count). The third kappa shape index (κ3) is 1.61. The SMILES string of the molecule is NCCCn1cc2c(F)cccc2n1. The highest BCUT2D eigenvalue weighted by Gasteiger charge is 2.03. The van der Waals surface area contributed by atoms with Gasteiger partial charge in [0, 0.05) is 12.7 Å². The van der Waals surface area contributed by atoms with Gasteiger partial charge in [-0.2, -0.15) is 5.10 Å². The number of fused-ring (bicyclic) bond motifs is 1. The lowest BCUT2D eigenvalue weighted by atomic mass is 10.2. The molecule has 0 amide bonds. The monoisotopic (exact) mass is 193 g/mol. The van der Waals surface area contributed by atoms with Gasteiger partial charge in [0.1, 0.15) is 5.82 Å². The minimum Gasteiger partial charge on any atom is -0.330 e. The van der Waals surface area contributed by atoms with Crippen molar-refractivity contribution in [2.75, 3.05) is 6.54 Å². The molecule has 1 aromatic heterocycles. The Morgan fingerprint density at radius 1 is 1.43 bits per heavy atom. The maximum Gasteiger partial charge on any atom is 0.134 e. The van der Waals surface area contributed by atoms with E-state index in [9.17, 15) is 4.39 Å². The summed E-state index contributed by atoms with van der Waals surface area (Å²) >= 11 is 0. The van der Waals surface area contributed by atoms with Gasteiger partial charge < -0.3 is 5.73 Å². The Balaban J connectivity index is 2.36. The summed E-state index contributed by atoms with van der Waals surface area (Å²) in [5, 5.41) is 4.81. The van der Waals surface area contributed by atoms with Crippen molar-refractivity contribution in [2.24, 2.45) is 5.73 Å². The van der Waals surface area contributed by atoms with Crippen molar-refractivity contribution in [1.82, 2.24) is 9.78 Å². The lowest BCUT2D eigenvalue weighted by Gasteiger charge is -1.96. The van der Waals surface area contributed by atoms with Gasteiger partial charge in [0.2, 0.25) is 0 Å². The predicted molar refractivity (Wildman–Crippen MR) is 53.4 cm³/mol. The molecule has 0 aliphatic heterocycles. The van der Waals surface area contributed by atoms with Crippen molar-refractivity contribution in [3.63, 3.8) is 0 Å². The van der Waals surface area contributed by atoms with Gasteiger partial charge in [0.05, 0.1) is 10.9 Å². The van der Waals surface area contributed by atoms with Crippen LogP contribution in [-0.2, 0) is 6.54 Å². The third-order valence-corrected chi connectivity index (χ3v) is 2.14. The Hall–Kier alpha value is -1.42. The van der Waals surface area contributed by atoms with E-state index in [4.69, 9.17) is 5.73 Å². The largest absolute Gasteiger partial charge is 0.330 e. The summed E-state index contributed by atoms with van der Waals surface area (Å²) in [4.78, 5) is 0. The molecular weight excluding hydrogens is 181 g/mol. The zero-order valence-electron chi connectivity index (χ0n) is 7.78. The average Bonchev–Trinajstić information content (AvgIpc) is 2.59. The van der Waals surface area contributed by atoms with Crippen molar-refractivity contribution in [1.29, 1.82) is 0 Å². The first-order chi connectivity index (χ1) is 6.81. The van der Waals surface area contributed by atoms with Crippen molar-refractivity contribution in [3.8, 4) is 0 Å². The van der Waals surface area contributed by atoms with E-state index >= 15 is 0 Å². The Morgan fingerprint density at radius 3 is 3.00 bits per heavy atom. The summed E-state index contributed by atoms with van der Waals surface area (Å²) < 4.78 is 15.0. The van der Waals surface area contributed by atoms with E-state index in [1.807, 2.05) is 0 Å². The zero-order chi connectivity index (χ0) is 9.97. The standard InChI is InChI=1S/C10H12FN3/c11-9-3-1-4-10-8(9)7-14(13-10)6-2-5-12/h1,3-4,7H,2,5-6,12H2. The normalized spacial score (nSPS) is 11.0. The smallest absolute Gasteiger partial charge is 0.134 e. The van der Waals surface area contributed by atoms with Gasteiger partial charge >= 0.3 is 0 Å². The number of rotatable bonds is 3. The van der Waals surface area contributed by atoms with Crippen LogP contribution in [0.4, 0.5) is 4.39 Å². The molecule has 2 aromatic rings. The summed E-state index contributed by atoms with van der Waals surface area (Å²) in [7, 11) is 0. The molecule has 0 atom stereocenters. The fraction of sp³-hybridized carbons (Fsp3) is 0.300. The Morgan fingerprint density at radius 2 is 2.29 bits per heavy atom. The number of hydrogen-bond acceptors (Lipinski definition) is 2. The van der Waals surface area contributed by atoms with Crippen molar-refractivity contribution in [2.45, 2.75) is 13.0 Å². The van der Waals surface area contributed by atoms with Gasteiger partial charge in [-0.3, -0.25) is 4.68 Å². The molecule has 1 aromatic carbocycles. The minimum absolute atomic E-state index is 0.221. The quantitative estimate of drug-likeness (QED) is 0.803. The number of nitrogens with two attached hydrogens (primary N) is 1. The molecule has 0 radical (unpaired) electrons. The second-order valence-electron chi connectivity index (χ2n) is 3.21. The van der Waals surface area contributed by atoms with Gasteiger partial charge in [-0.25, -0.2) is 4.39 Å². The van der Waals surface area contributed by atoms with E-state index in [0.717, 1.165) is 13.0 Å². The molecule has 0 aliphatic rings. The molecular formula is C10H12FN3. The highest BCUT2D eigenvalue weighted by atomic mass is 19.1. The van der Waals surface area contributed by atoms with Gasteiger partial charge in [-0.05, 0) is 25.1 Å². The van der Waals surface area contributed by atoms with E-state index in [2.05, 4.69) is 5.10 Å². The molecule has 0 unspecified atom stereocenters. The summed E-state index contributed by atoms with van der Waals surface area (Å²) in [5.74, 6) is -0.221. The van der Waals surface area contributed by atoms with E-state index < -0.39 is 0 Å². The predicted octanol–water partition coefficient (Wildman–Crippen LogP) is 1.52. The maximum absolute atomic E-state index is 13.2. The topological polar surface area (TPSA) is 43.8 Å². The Bertz CT molecular complexity index is 436. The van der Waals surface area contributed by atoms with E-state index in [1.165, 1.54) is 6.07 Å².